The molecule has 0 heterocycles. The summed E-state index contributed by atoms with van der Waals surface area (Å²) in [6.45, 7) is 0. The summed E-state index contributed by atoms with van der Waals surface area (Å²) in [5.74, 6) is -0.777. The Morgan fingerprint density at radius 3 is 1.71 bits per heavy atom. The number of nitrogens with zero attached hydrogens (tertiary/aromatic N) is 4. The molecule has 0 atom stereocenters. The van der Waals surface area contributed by atoms with Crippen molar-refractivity contribution in [2.24, 2.45) is 20.5 Å². The zero-order valence-corrected chi connectivity index (χ0v) is 31.1. The number of anilines is 2. The molecule has 0 aliphatic carbocycles. The number of nitrogens with one attached hydrogen (secondary N) is 1. The summed E-state index contributed by atoms with van der Waals surface area (Å²) in [6, 6.07) is 30.1. The maximum Gasteiger partial charge on any atom is 1.00 e. The molecule has 0 saturated heterocycles. The smallest absolute Gasteiger partial charge is 0.871 e. The molecule has 6 rings (SSSR count). The first-order chi connectivity index (χ1) is 22.0. The van der Waals surface area contributed by atoms with Crippen LogP contribution in [-0.4, -0.2) is 25.9 Å². The van der Waals surface area contributed by atoms with Gasteiger partial charge in [0.2, 0.25) is 0 Å². The Labute approximate surface area is 319 Å². The Bertz CT molecular complexity index is 2430. The minimum absolute atomic E-state index is 0. The van der Waals surface area contributed by atoms with E-state index in [0.29, 0.717) is 27.8 Å². The van der Waals surface area contributed by atoms with Crippen molar-refractivity contribution in [3.63, 3.8) is 0 Å². The van der Waals surface area contributed by atoms with Crippen LogP contribution in [0.3, 0.4) is 0 Å². The summed E-state index contributed by atoms with van der Waals surface area (Å²) >= 11 is 0. The first kappa shape index (κ1) is 37.3. The normalized spacial score (nSPS) is 11.9. The molecule has 2 N–H and O–H groups in total. The van der Waals surface area contributed by atoms with Gasteiger partial charge in [0.15, 0.2) is 0 Å². The second-order valence-electron chi connectivity index (χ2n) is 9.92. The second kappa shape index (κ2) is 15.3. The molecule has 16 heteroatoms. The zero-order valence-electron chi connectivity index (χ0n) is 25.5. The molecule has 0 aliphatic rings. The van der Waals surface area contributed by atoms with Crippen molar-refractivity contribution in [2.75, 3.05) is 5.32 Å². The number of hydrogen-bond acceptors (Lipinski definition) is 11. The Kier molecular flexibility index (Phi) is 11.9. The Hall–Kier alpha value is -3.54. The molecule has 0 bridgehead atoms. The number of fused-ring (bicyclic) bond motifs is 2. The molecule has 0 aliphatic heterocycles. The van der Waals surface area contributed by atoms with E-state index >= 15 is 0 Å². The van der Waals surface area contributed by atoms with E-state index in [1.54, 1.807) is 78.9 Å². The van der Waals surface area contributed by atoms with Crippen LogP contribution in [0.25, 0.3) is 21.5 Å². The number of hydrogen-bond donors (Lipinski definition) is 2. The SMILES string of the molecule is O=S(=O)([O-])c1cc([O-])c(N=Nc2ccc(N=Nc3ccc(Nc4ccccc4)c(S(=O)(=O)O)c3)c3ccccc23)c2ccccc12.[Na+].[Na+]. The number of rotatable bonds is 8. The van der Waals surface area contributed by atoms with Crippen LogP contribution >= 0.6 is 0 Å². The van der Waals surface area contributed by atoms with E-state index in [1.807, 2.05) is 6.07 Å². The molecule has 0 radical (unpaired) electrons. The number of para-hydroxylation sites is 1. The molecule has 0 spiro atoms. The van der Waals surface area contributed by atoms with Gasteiger partial charge in [-0.05, 0) is 48.5 Å². The standard InChI is InChI=1S/C32H23N5O7S2.2Na/c38-29-19-30(45(39,40)41)24-12-6-7-13-25(24)32(29)37-36-27-17-16-26(22-10-4-5-11-23(22)27)35-34-21-14-15-28(31(18-21)46(42,43)44)33-20-8-2-1-3-9-20;;/h1-19,33,38H,(H,39,40,41)(H,42,43,44);;/q;2*+1/p-2. The Balaban J connectivity index is 0.00000260. The van der Waals surface area contributed by atoms with Crippen molar-refractivity contribution in [2.45, 2.75) is 9.79 Å². The van der Waals surface area contributed by atoms with Gasteiger partial charge in [0.25, 0.3) is 10.1 Å². The third-order valence-corrected chi connectivity index (χ3v) is 8.69. The topological polar surface area (TPSA) is 196 Å². The molecule has 48 heavy (non-hydrogen) atoms. The maximum absolute atomic E-state index is 12.8. The van der Waals surface area contributed by atoms with Crippen LogP contribution in [0.5, 0.6) is 5.75 Å². The van der Waals surface area contributed by atoms with Gasteiger partial charge in [0, 0.05) is 27.2 Å². The van der Waals surface area contributed by atoms with Gasteiger partial charge in [-0.3, -0.25) is 4.55 Å². The third kappa shape index (κ3) is 8.18. The molecule has 6 aromatic rings. The van der Waals surface area contributed by atoms with E-state index < -0.39 is 30.9 Å². The summed E-state index contributed by atoms with van der Waals surface area (Å²) in [7, 11) is -9.52. The second-order valence-corrected chi connectivity index (χ2v) is 12.7. The van der Waals surface area contributed by atoms with Gasteiger partial charge in [-0.1, -0.05) is 72.5 Å². The quantitative estimate of drug-likeness (QED) is 0.136. The molecule has 230 valence electrons. The van der Waals surface area contributed by atoms with E-state index in [9.17, 15) is 31.0 Å². The summed E-state index contributed by atoms with van der Waals surface area (Å²) < 4.78 is 69.4. The maximum atomic E-state index is 12.8. The molecule has 0 aromatic heterocycles. The Morgan fingerprint density at radius 2 is 1.12 bits per heavy atom. The summed E-state index contributed by atoms with van der Waals surface area (Å²) in [5, 5.41) is 34.1. The molecular weight excluding hydrogens is 676 g/mol. The predicted octanol–water partition coefficient (Wildman–Crippen LogP) is 1.80. The Morgan fingerprint density at radius 1 is 0.583 bits per heavy atom. The summed E-state index contributed by atoms with van der Waals surface area (Å²) in [6.07, 6.45) is 0. The molecule has 6 aromatic carbocycles. The fourth-order valence-electron chi connectivity index (χ4n) is 4.84. The van der Waals surface area contributed by atoms with E-state index in [-0.39, 0.29) is 91.8 Å². The van der Waals surface area contributed by atoms with Crippen LogP contribution in [0.2, 0.25) is 0 Å². The van der Waals surface area contributed by atoms with E-state index in [0.717, 1.165) is 6.07 Å². The van der Waals surface area contributed by atoms with Crippen LogP contribution in [0, 0.1) is 0 Å². The fourth-order valence-corrected chi connectivity index (χ4v) is 6.20. The largest absolute Gasteiger partial charge is 1.00 e. The van der Waals surface area contributed by atoms with Crippen LogP contribution < -0.4 is 69.5 Å². The van der Waals surface area contributed by atoms with Crippen LogP contribution in [-0.2, 0) is 20.2 Å². The van der Waals surface area contributed by atoms with Crippen molar-refractivity contribution in [3.8, 4) is 5.75 Å². The van der Waals surface area contributed by atoms with Gasteiger partial charge in [0.05, 0.1) is 33.3 Å². The first-order valence-electron chi connectivity index (χ1n) is 13.5. The minimum atomic E-state index is -4.91. The van der Waals surface area contributed by atoms with Gasteiger partial charge in [0.1, 0.15) is 15.0 Å². The van der Waals surface area contributed by atoms with Crippen molar-refractivity contribution in [1.29, 1.82) is 0 Å². The predicted molar refractivity (Wildman–Crippen MR) is 170 cm³/mol. The van der Waals surface area contributed by atoms with Crippen molar-refractivity contribution >= 4 is 75.9 Å². The van der Waals surface area contributed by atoms with Crippen molar-refractivity contribution in [3.05, 3.63) is 115 Å². The average Bonchev–Trinajstić information content (AvgIpc) is 3.03. The first-order valence-corrected chi connectivity index (χ1v) is 16.3. The van der Waals surface area contributed by atoms with Gasteiger partial charge in [-0.2, -0.15) is 18.6 Å². The molecule has 0 fully saturated rings. The number of azo groups is 2. The summed E-state index contributed by atoms with van der Waals surface area (Å²) in [4.78, 5) is -1.00. The third-order valence-electron chi connectivity index (χ3n) is 6.92. The van der Waals surface area contributed by atoms with Gasteiger partial charge < -0.3 is 15.0 Å². The van der Waals surface area contributed by atoms with E-state index in [1.165, 1.54) is 24.3 Å². The average molecular weight is 698 g/mol. The van der Waals surface area contributed by atoms with Gasteiger partial charge in [-0.25, -0.2) is 8.42 Å². The van der Waals surface area contributed by atoms with E-state index in [4.69, 9.17) is 0 Å². The summed E-state index contributed by atoms with van der Waals surface area (Å²) in [5.41, 5.74) is 1.59. The van der Waals surface area contributed by atoms with Crippen LogP contribution in [0.4, 0.5) is 34.1 Å². The molecule has 0 unspecified atom stereocenters. The molecular formula is C32H21N5Na2O7S2. The minimum Gasteiger partial charge on any atom is -0.871 e. The molecule has 0 saturated carbocycles. The molecule has 12 nitrogen and oxygen atoms in total. The van der Waals surface area contributed by atoms with Crippen molar-refractivity contribution < 1.29 is 90.2 Å². The van der Waals surface area contributed by atoms with Gasteiger partial charge >= 0.3 is 59.1 Å². The molecule has 0 amide bonds. The number of benzene rings is 6. The van der Waals surface area contributed by atoms with E-state index in [2.05, 4.69) is 25.8 Å². The van der Waals surface area contributed by atoms with Crippen molar-refractivity contribution in [1.82, 2.24) is 0 Å². The zero-order chi connectivity index (χ0) is 32.5. The monoisotopic (exact) mass is 697 g/mol. The van der Waals surface area contributed by atoms with Crippen LogP contribution in [0.15, 0.2) is 146 Å². The fraction of sp³-hybridized carbons (Fsp3) is 0. The van der Waals surface area contributed by atoms with Gasteiger partial charge in [-0.15, -0.1) is 10.2 Å². The van der Waals surface area contributed by atoms with Crippen LogP contribution in [0.1, 0.15) is 0 Å².